The number of ether oxygens (including phenoxy) is 1. The highest BCUT2D eigenvalue weighted by Crippen LogP contribution is 2.40. The van der Waals surface area contributed by atoms with Gasteiger partial charge in [-0.05, 0) is 48.7 Å². The highest BCUT2D eigenvalue weighted by molar-refractivity contribution is 9.10. The van der Waals surface area contributed by atoms with Crippen molar-refractivity contribution in [2.75, 3.05) is 13.7 Å². The molecule has 5 nitrogen and oxygen atoms in total. The summed E-state index contributed by atoms with van der Waals surface area (Å²) in [4.78, 5) is 27.3. The Kier molecular flexibility index (Phi) is 6.42. The van der Waals surface area contributed by atoms with Crippen LogP contribution in [-0.2, 0) is 9.59 Å². The van der Waals surface area contributed by atoms with Crippen molar-refractivity contribution in [1.82, 2.24) is 4.90 Å². The molecule has 29 heavy (non-hydrogen) atoms. The van der Waals surface area contributed by atoms with Crippen molar-refractivity contribution in [2.45, 2.75) is 32.7 Å². The number of amides is 1. The maximum Gasteiger partial charge on any atom is 0.295 e. The second-order valence-corrected chi connectivity index (χ2v) is 7.94. The number of rotatable bonds is 6. The van der Waals surface area contributed by atoms with E-state index in [0.29, 0.717) is 17.9 Å². The molecule has 0 saturated carbocycles. The van der Waals surface area contributed by atoms with Crippen molar-refractivity contribution in [3.8, 4) is 5.75 Å². The van der Waals surface area contributed by atoms with Gasteiger partial charge < -0.3 is 14.7 Å². The monoisotopic (exact) mass is 457 g/mol. The minimum absolute atomic E-state index is 0.123. The van der Waals surface area contributed by atoms with Crippen LogP contribution in [0.2, 0.25) is 0 Å². The normalized spacial score (nSPS) is 18.3. The lowest BCUT2D eigenvalue weighted by atomic mass is 9.94. The molecule has 6 heteroatoms. The molecule has 0 spiro atoms. The number of likely N-dealkylation sites (tertiary alicyclic amines) is 1. The van der Waals surface area contributed by atoms with E-state index < -0.39 is 17.7 Å². The van der Waals surface area contributed by atoms with Crippen molar-refractivity contribution >= 4 is 33.4 Å². The first-order valence-corrected chi connectivity index (χ1v) is 10.4. The molecule has 1 N–H and O–H groups in total. The van der Waals surface area contributed by atoms with Crippen LogP contribution in [0.3, 0.4) is 0 Å². The number of hydrogen-bond donors (Lipinski definition) is 1. The molecule has 1 fully saturated rings. The highest BCUT2D eigenvalue weighted by Gasteiger charge is 2.45. The molecule has 0 bridgehead atoms. The Labute approximate surface area is 179 Å². The molecule has 1 amide bonds. The molecule has 1 saturated heterocycles. The van der Waals surface area contributed by atoms with E-state index in [1.54, 1.807) is 36.3 Å². The molecule has 152 valence electrons. The van der Waals surface area contributed by atoms with Crippen molar-refractivity contribution in [3.05, 3.63) is 69.2 Å². The molecular formula is C23H24BrNO4. The van der Waals surface area contributed by atoms with E-state index in [1.165, 1.54) is 0 Å². The quantitative estimate of drug-likeness (QED) is 0.377. The Hall–Kier alpha value is -2.60. The molecule has 1 aliphatic heterocycles. The van der Waals surface area contributed by atoms with Crippen molar-refractivity contribution in [2.24, 2.45) is 0 Å². The van der Waals surface area contributed by atoms with Gasteiger partial charge in [-0.25, -0.2) is 0 Å². The second kappa shape index (κ2) is 8.82. The number of carbonyl (C=O) groups excluding carboxylic acids is 2. The average Bonchev–Trinajstić information content (AvgIpc) is 2.98. The van der Waals surface area contributed by atoms with Gasteiger partial charge >= 0.3 is 0 Å². The standard InChI is InChI=1S/C23H24BrNO4/c1-4-5-12-25-20(15-6-9-17(29-3)10-7-15)19(22(27)23(25)28)21(26)16-8-11-18(24)14(2)13-16/h6-11,13,20,26H,4-5,12H2,1-3H3/b21-19-. The van der Waals surface area contributed by atoms with Crippen LogP contribution in [0, 0.1) is 6.92 Å². The molecule has 1 heterocycles. The Bertz CT molecular complexity index is 965. The van der Waals surface area contributed by atoms with Crippen LogP contribution in [0.1, 0.15) is 42.5 Å². The predicted molar refractivity (Wildman–Crippen MR) is 116 cm³/mol. The third-order valence-electron chi connectivity index (χ3n) is 5.16. The fourth-order valence-electron chi connectivity index (χ4n) is 3.52. The van der Waals surface area contributed by atoms with Crippen LogP contribution in [0.15, 0.2) is 52.5 Å². The summed E-state index contributed by atoms with van der Waals surface area (Å²) in [7, 11) is 1.58. The van der Waals surface area contributed by atoms with E-state index in [1.807, 2.05) is 32.0 Å². The van der Waals surface area contributed by atoms with Crippen LogP contribution < -0.4 is 4.74 Å². The molecule has 1 aliphatic rings. The molecule has 0 radical (unpaired) electrons. The summed E-state index contributed by atoms with van der Waals surface area (Å²) in [6, 6.07) is 12.0. The van der Waals surface area contributed by atoms with Gasteiger partial charge in [-0.3, -0.25) is 9.59 Å². The summed E-state index contributed by atoms with van der Waals surface area (Å²) >= 11 is 3.44. The van der Waals surface area contributed by atoms with Gasteiger partial charge in [0.2, 0.25) is 0 Å². The maximum absolute atomic E-state index is 12.9. The molecule has 0 aliphatic carbocycles. The van der Waals surface area contributed by atoms with Crippen LogP contribution in [-0.4, -0.2) is 35.4 Å². The number of carbonyl (C=O) groups is 2. The van der Waals surface area contributed by atoms with E-state index in [2.05, 4.69) is 15.9 Å². The van der Waals surface area contributed by atoms with Crippen molar-refractivity contribution in [1.29, 1.82) is 0 Å². The zero-order valence-corrected chi connectivity index (χ0v) is 18.3. The largest absolute Gasteiger partial charge is 0.507 e. The number of hydrogen-bond acceptors (Lipinski definition) is 4. The maximum atomic E-state index is 12.9. The minimum atomic E-state index is -0.653. The first-order chi connectivity index (χ1) is 13.9. The fourth-order valence-corrected chi connectivity index (χ4v) is 3.77. The molecular weight excluding hydrogens is 434 g/mol. The zero-order chi connectivity index (χ0) is 21.1. The summed E-state index contributed by atoms with van der Waals surface area (Å²) in [6.45, 7) is 4.39. The predicted octanol–water partition coefficient (Wildman–Crippen LogP) is 4.99. The van der Waals surface area contributed by atoms with E-state index in [9.17, 15) is 14.7 Å². The average molecular weight is 458 g/mol. The number of benzene rings is 2. The first-order valence-electron chi connectivity index (χ1n) is 9.58. The topological polar surface area (TPSA) is 66.8 Å². The van der Waals surface area contributed by atoms with Gasteiger partial charge in [-0.2, -0.15) is 0 Å². The lowest BCUT2D eigenvalue weighted by Gasteiger charge is -2.25. The summed E-state index contributed by atoms with van der Waals surface area (Å²) in [6.07, 6.45) is 1.67. The van der Waals surface area contributed by atoms with Gasteiger partial charge in [-0.15, -0.1) is 0 Å². The van der Waals surface area contributed by atoms with Crippen molar-refractivity contribution in [3.63, 3.8) is 0 Å². The highest BCUT2D eigenvalue weighted by atomic mass is 79.9. The smallest absolute Gasteiger partial charge is 0.295 e. The third kappa shape index (κ3) is 4.08. The van der Waals surface area contributed by atoms with Crippen LogP contribution in [0.5, 0.6) is 5.75 Å². The summed E-state index contributed by atoms with van der Waals surface area (Å²) in [5.74, 6) is -0.698. The van der Waals surface area contributed by atoms with Crippen LogP contribution in [0.4, 0.5) is 0 Å². The number of methoxy groups -OCH3 is 1. The van der Waals surface area contributed by atoms with Gasteiger partial charge in [0.1, 0.15) is 11.5 Å². The molecule has 0 aromatic heterocycles. The van der Waals surface area contributed by atoms with Crippen LogP contribution >= 0.6 is 15.9 Å². The first kappa shape index (κ1) is 21.1. The van der Waals surface area contributed by atoms with E-state index >= 15 is 0 Å². The number of aliphatic hydroxyl groups excluding tert-OH is 1. The summed E-state index contributed by atoms with van der Waals surface area (Å²) < 4.78 is 6.13. The zero-order valence-electron chi connectivity index (χ0n) is 16.7. The number of aliphatic hydroxyl groups is 1. The van der Waals surface area contributed by atoms with E-state index in [4.69, 9.17) is 4.74 Å². The van der Waals surface area contributed by atoms with Crippen LogP contribution in [0.25, 0.3) is 5.76 Å². The SMILES string of the molecule is CCCCN1C(=O)C(=O)/C(=C(\O)c2ccc(Br)c(C)c2)C1c1ccc(OC)cc1. The van der Waals surface area contributed by atoms with E-state index in [0.717, 1.165) is 28.4 Å². The molecule has 2 aromatic rings. The van der Waals surface area contributed by atoms with Gasteiger partial charge in [0.25, 0.3) is 11.7 Å². The summed E-state index contributed by atoms with van der Waals surface area (Å²) in [5, 5.41) is 11.0. The number of Topliss-reactive ketones (excluding diaryl/α,β-unsaturated/α-hetero) is 1. The lowest BCUT2D eigenvalue weighted by Crippen LogP contribution is -2.30. The molecule has 1 unspecified atom stereocenters. The number of ketones is 1. The van der Waals surface area contributed by atoms with Gasteiger partial charge in [0.05, 0.1) is 18.7 Å². The van der Waals surface area contributed by atoms with Crippen molar-refractivity contribution < 1.29 is 19.4 Å². The minimum Gasteiger partial charge on any atom is -0.507 e. The molecule has 1 atom stereocenters. The molecule has 2 aromatic carbocycles. The Morgan fingerprint density at radius 1 is 1.17 bits per heavy atom. The lowest BCUT2D eigenvalue weighted by molar-refractivity contribution is -0.139. The second-order valence-electron chi connectivity index (χ2n) is 7.08. The number of halogens is 1. The summed E-state index contributed by atoms with van der Waals surface area (Å²) in [5.41, 5.74) is 2.32. The van der Waals surface area contributed by atoms with Gasteiger partial charge in [-0.1, -0.05) is 47.5 Å². The number of unbranched alkanes of at least 4 members (excludes halogenated alkanes) is 1. The third-order valence-corrected chi connectivity index (χ3v) is 6.05. The molecule has 3 rings (SSSR count). The Balaban J connectivity index is 2.15. The Morgan fingerprint density at radius 2 is 1.86 bits per heavy atom. The Morgan fingerprint density at radius 3 is 2.45 bits per heavy atom. The van der Waals surface area contributed by atoms with Gasteiger partial charge in [0, 0.05) is 16.6 Å². The van der Waals surface area contributed by atoms with E-state index in [-0.39, 0.29) is 11.3 Å². The number of nitrogens with zero attached hydrogens (tertiary/aromatic N) is 1. The van der Waals surface area contributed by atoms with Gasteiger partial charge in [0.15, 0.2) is 0 Å². The fraction of sp³-hybridized carbons (Fsp3) is 0.304. The number of aryl methyl sites for hydroxylation is 1.